The van der Waals surface area contributed by atoms with Gasteiger partial charge in [-0.3, -0.25) is 9.69 Å². The van der Waals surface area contributed by atoms with E-state index in [1.807, 2.05) is 0 Å². The molecular weight excluding hydrogens is 586 g/mol. The van der Waals surface area contributed by atoms with E-state index in [1.165, 1.54) is 30.9 Å². The van der Waals surface area contributed by atoms with E-state index in [4.69, 9.17) is 22.7 Å². The van der Waals surface area contributed by atoms with Gasteiger partial charge in [0.1, 0.15) is 26.7 Å². The molecule has 1 aromatic heterocycles. The highest BCUT2D eigenvalue weighted by Crippen LogP contribution is 2.41. The van der Waals surface area contributed by atoms with Crippen LogP contribution >= 0.6 is 12.2 Å². The van der Waals surface area contributed by atoms with Gasteiger partial charge in [0.25, 0.3) is 5.91 Å². The first kappa shape index (κ1) is 30.4. The van der Waals surface area contributed by atoms with Crippen molar-refractivity contribution in [3.05, 3.63) is 47.5 Å². The number of amides is 1. The number of nitrogens with two attached hydrogens (primary N) is 1. The number of hydrogen-bond acceptors (Lipinski definition) is 8. The lowest BCUT2D eigenvalue weighted by molar-refractivity contribution is -0.137. The largest absolute Gasteiger partial charge is 0.477 e. The number of carbonyl (C=O) groups is 1. The van der Waals surface area contributed by atoms with E-state index in [0.717, 1.165) is 29.4 Å². The van der Waals surface area contributed by atoms with Crippen molar-refractivity contribution in [2.75, 3.05) is 34.1 Å². The number of carbonyl (C=O) groups excluding carboxylic acids is 1. The first-order valence-corrected chi connectivity index (χ1v) is 14.9. The molecule has 3 aromatic rings. The summed E-state index contributed by atoms with van der Waals surface area (Å²) in [4.78, 5) is 24.4. The van der Waals surface area contributed by atoms with Crippen molar-refractivity contribution in [2.45, 2.75) is 45.3 Å². The summed E-state index contributed by atoms with van der Waals surface area (Å²) in [6.07, 6.45) is -3.13. The molecule has 2 N–H and O–H groups in total. The van der Waals surface area contributed by atoms with Crippen molar-refractivity contribution >= 4 is 61.0 Å². The zero-order chi connectivity index (χ0) is 30.5. The Morgan fingerprint density at radius 3 is 2.41 bits per heavy atom. The van der Waals surface area contributed by atoms with Crippen LogP contribution in [0.15, 0.2) is 30.3 Å². The molecule has 1 amide bonds. The average molecular weight is 614 g/mol. The molecule has 0 radical (unpaired) electrons. The van der Waals surface area contributed by atoms with Crippen LogP contribution in [-0.4, -0.2) is 53.6 Å². The minimum atomic E-state index is -4.77. The number of aromatic nitrogens is 2. The monoisotopic (exact) mass is 613 g/mol. The van der Waals surface area contributed by atoms with Gasteiger partial charge in [-0.15, -0.1) is 0 Å². The minimum Gasteiger partial charge on any atom is -0.477 e. The highest BCUT2D eigenvalue weighted by molar-refractivity contribution is 7.90. The van der Waals surface area contributed by atoms with Crippen LogP contribution in [0, 0.1) is 5.82 Å². The summed E-state index contributed by atoms with van der Waals surface area (Å²) in [6, 6.07) is 5.62. The lowest BCUT2D eigenvalue weighted by atomic mass is 10.0. The first-order valence-electron chi connectivity index (χ1n) is 12.4. The molecule has 1 saturated heterocycles. The maximum atomic E-state index is 15.5. The molecule has 220 valence electrons. The van der Waals surface area contributed by atoms with E-state index in [0.29, 0.717) is 12.2 Å². The summed E-state index contributed by atoms with van der Waals surface area (Å²) in [5, 5.41) is -0.0359. The Kier molecular flexibility index (Phi) is 7.90. The Hall–Kier alpha value is -3.59. The number of sulfone groups is 1. The van der Waals surface area contributed by atoms with Gasteiger partial charge in [0.05, 0.1) is 29.0 Å². The molecular formula is C26H27F4N5O4S2. The number of benzene rings is 2. The van der Waals surface area contributed by atoms with Crippen LogP contribution in [0.1, 0.15) is 38.6 Å². The van der Waals surface area contributed by atoms with E-state index < -0.39 is 44.5 Å². The van der Waals surface area contributed by atoms with Crippen LogP contribution in [0.2, 0.25) is 0 Å². The topological polar surface area (TPSA) is 119 Å². The summed E-state index contributed by atoms with van der Waals surface area (Å²) in [7, 11) is -3.22. The van der Waals surface area contributed by atoms with Crippen LogP contribution in [0.25, 0.3) is 10.9 Å². The van der Waals surface area contributed by atoms with Gasteiger partial charge < -0.3 is 15.4 Å². The summed E-state index contributed by atoms with van der Waals surface area (Å²) in [5.41, 5.74) is 2.36. The van der Waals surface area contributed by atoms with Gasteiger partial charge in [-0.2, -0.15) is 18.2 Å². The van der Waals surface area contributed by atoms with Gasteiger partial charge in [-0.05, 0) is 62.8 Å². The Morgan fingerprint density at radius 1 is 1.12 bits per heavy atom. The second-order valence-electron chi connectivity index (χ2n) is 10.0. The van der Waals surface area contributed by atoms with E-state index >= 15 is 4.39 Å². The molecule has 41 heavy (non-hydrogen) atoms. The number of hydrogen-bond donors (Lipinski definition) is 1. The molecule has 0 atom stereocenters. The van der Waals surface area contributed by atoms with Crippen molar-refractivity contribution in [3.8, 4) is 5.88 Å². The molecule has 2 aromatic carbocycles. The minimum absolute atomic E-state index is 0.0144. The van der Waals surface area contributed by atoms with Gasteiger partial charge >= 0.3 is 6.18 Å². The molecule has 0 aliphatic carbocycles. The number of alkyl halides is 3. The number of aryl methyl sites for hydroxylation is 1. The maximum absolute atomic E-state index is 15.5. The van der Waals surface area contributed by atoms with Crippen LogP contribution in [0.5, 0.6) is 5.88 Å². The summed E-state index contributed by atoms with van der Waals surface area (Å²) >= 11 is 5.56. The quantitative estimate of drug-likeness (QED) is 0.167. The second-order valence-corrected chi connectivity index (χ2v) is 12.7. The van der Waals surface area contributed by atoms with Crippen molar-refractivity contribution in [3.63, 3.8) is 0 Å². The molecule has 0 bridgehead atoms. The Bertz CT molecular complexity index is 1660. The van der Waals surface area contributed by atoms with E-state index in [9.17, 15) is 26.4 Å². The first-order chi connectivity index (χ1) is 19.0. The number of ether oxygens (including phenoxy) is 1. The third-order valence-corrected chi connectivity index (χ3v) is 7.89. The highest BCUT2D eigenvalue weighted by Gasteiger charge is 2.51. The Balaban J connectivity index is 1.79. The number of fused-ring (bicyclic) bond motifs is 1. The molecule has 2 heterocycles. The zero-order valence-electron chi connectivity index (χ0n) is 22.5. The number of nitrogen functional groups attached to an aromatic ring is 1. The lowest BCUT2D eigenvalue weighted by Crippen LogP contribution is -2.44. The van der Waals surface area contributed by atoms with Crippen LogP contribution in [0.4, 0.5) is 34.6 Å². The van der Waals surface area contributed by atoms with Gasteiger partial charge in [0, 0.05) is 24.1 Å². The van der Waals surface area contributed by atoms with E-state index in [-0.39, 0.29) is 52.1 Å². The third kappa shape index (κ3) is 5.91. The van der Waals surface area contributed by atoms with Crippen LogP contribution in [0.3, 0.4) is 0 Å². The molecule has 4 rings (SSSR count). The number of nitrogens with zero attached hydrogens (tertiary/aromatic N) is 4. The average Bonchev–Trinajstić information content (AvgIpc) is 3.04. The Morgan fingerprint density at radius 2 is 1.80 bits per heavy atom. The van der Waals surface area contributed by atoms with Crippen molar-refractivity contribution in [1.29, 1.82) is 0 Å². The molecule has 1 aliphatic heterocycles. The summed E-state index contributed by atoms with van der Waals surface area (Å²) in [6.45, 7) is 4.76. The molecule has 0 spiro atoms. The third-order valence-electron chi connectivity index (χ3n) is 6.49. The number of rotatable bonds is 8. The standard InChI is InChI=1S/C26H27F4N5O4S2/c1-5-20-32-21-16(22(33-20)39-9-6-10-41(4,37)38)11-15(13-18(21)27)35-24(40)34(23(36)25(35,2)3)14-7-8-19(31)17(12-14)26(28,29)30/h7-8,11-13H,5-6,9-10,31H2,1-4H3. The van der Waals surface area contributed by atoms with Gasteiger partial charge in [-0.1, -0.05) is 6.92 Å². The molecule has 15 heteroatoms. The molecule has 1 fully saturated rings. The van der Waals surface area contributed by atoms with Gasteiger partial charge in [0.2, 0.25) is 5.88 Å². The van der Waals surface area contributed by atoms with Crippen LogP contribution < -0.4 is 20.3 Å². The van der Waals surface area contributed by atoms with E-state index in [2.05, 4.69) is 9.97 Å². The maximum Gasteiger partial charge on any atom is 0.418 e. The second kappa shape index (κ2) is 10.7. The number of thiocarbonyl (C=S) groups is 1. The van der Waals surface area contributed by atoms with Gasteiger partial charge in [0.15, 0.2) is 10.9 Å². The Labute approximate surface area is 239 Å². The van der Waals surface area contributed by atoms with E-state index in [1.54, 1.807) is 6.92 Å². The molecule has 0 unspecified atom stereocenters. The fourth-order valence-corrected chi connectivity index (χ4v) is 5.63. The van der Waals surface area contributed by atoms with Crippen molar-refractivity contribution in [1.82, 2.24) is 9.97 Å². The SMILES string of the molecule is CCc1nc(OCCCS(C)(=O)=O)c2cc(N3C(=S)N(c4ccc(N)c(C(F)(F)F)c4)C(=O)C3(C)C)cc(F)c2n1. The predicted molar refractivity (Wildman–Crippen MR) is 151 cm³/mol. The summed E-state index contributed by atoms with van der Waals surface area (Å²) < 4.78 is 84.9. The van der Waals surface area contributed by atoms with Gasteiger partial charge in [-0.25, -0.2) is 17.8 Å². The van der Waals surface area contributed by atoms with Crippen molar-refractivity contribution < 1.29 is 35.5 Å². The number of halogens is 4. The molecule has 9 nitrogen and oxygen atoms in total. The fraction of sp³-hybridized carbons (Fsp3) is 0.385. The molecule has 0 saturated carbocycles. The molecule has 1 aliphatic rings. The highest BCUT2D eigenvalue weighted by atomic mass is 32.2. The zero-order valence-corrected chi connectivity index (χ0v) is 24.2. The smallest absolute Gasteiger partial charge is 0.418 e. The lowest BCUT2D eigenvalue weighted by Gasteiger charge is -2.29. The number of anilines is 3. The summed E-state index contributed by atoms with van der Waals surface area (Å²) in [5.74, 6) is -1.22. The predicted octanol–water partition coefficient (Wildman–Crippen LogP) is 4.66. The van der Waals surface area contributed by atoms with Crippen LogP contribution in [-0.2, 0) is 27.2 Å². The normalized spacial score (nSPS) is 15.7. The van der Waals surface area contributed by atoms with Crippen molar-refractivity contribution in [2.24, 2.45) is 0 Å². The fourth-order valence-electron chi connectivity index (χ4n) is 4.47.